The summed E-state index contributed by atoms with van der Waals surface area (Å²) in [6.07, 6.45) is 2.72. The molecule has 5 aromatic rings. The van der Waals surface area contributed by atoms with E-state index in [-0.39, 0.29) is 42.4 Å². The van der Waals surface area contributed by atoms with Gasteiger partial charge in [-0.25, -0.2) is 18.4 Å². The number of nitrogens with one attached hydrogen (secondary N) is 2. The molecule has 3 atom stereocenters. The molecule has 0 aliphatic heterocycles. The molecule has 5 rings (SSSR count). The number of H-pyrrole nitrogens is 1. The zero-order valence-electron chi connectivity index (χ0n) is 28.5. The maximum Gasteiger partial charge on any atom is 0.270 e. The van der Waals surface area contributed by atoms with Gasteiger partial charge in [0.25, 0.3) is 5.91 Å². The third kappa shape index (κ3) is 9.20. The van der Waals surface area contributed by atoms with E-state index < -0.39 is 40.0 Å². The van der Waals surface area contributed by atoms with Crippen molar-refractivity contribution in [3.8, 4) is 0 Å². The van der Waals surface area contributed by atoms with Gasteiger partial charge in [-0.15, -0.1) is 0 Å². The van der Waals surface area contributed by atoms with Crippen molar-refractivity contribution in [3.63, 3.8) is 0 Å². The number of aromatic nitrogens is 3. The van der Waals surface area contributed by atoms with Crippen molar-refractivity contribution in [2.75, 3.05) is 20.1 Å². The fourth-order valence-corrected chi connectivity index (χ4v) is 7.31. The average molecular weight is 697 g/mol. The van der Waals surface area contributed by atoms with E-state index in [4.69, 9.17) is 0 Å². The largest absolute Gasteiger partial charge is 0.390 e. The number of sulfonamides is 1. The number of amides is 2. The summed E-state index contributed by atoms with van der Waals surface area (Å²) < 4.78 is 29.0. The number of hydrogen-bond acceptors (Lipinski definition) is 7. The zero-order valence-corrected chi connectivity index (χ0v) is 29.3. The Morgan fingerprint density at radius 2 is 1.58 bits per heavy atom. The highest BCUT2D eigenvalue weighted by molar-refractivity contribution is 7.89. The number of aliphatic hydroxyl groups excluding tert-OH is 1. The molecule has 11 nitrogen and oxygen atoms in total. The van der Waals surface area contributed by atoms with Gasteiger partial charge in [0.2, 0.25) is 15.9 Å². The lowest BCUT2D eigenvalue weighted by Crippen LogP contribution is -2.56. The molecule has 2 amide bonds. The second-order valence-electron chi connectivity index (χ2n) is 12.8. The van der Waals surface area contributed by atoms with E-state index in [1.807, 2.05) is 68.4 Å². The van der Waals surface area contributed by atoms with Crippen LogP contribution in [0.25, 0.3) is 10.9 Å². The summed E-state index contributed by atoms with van der Waals surface area (Å²) in [7, 11) is -2.39. The predicted octanol–water partition coefficient (Wildman–Crippen LogP) is 4.47. The highest BCUT2D eigenvalue weighted by Crippen LogP contribution is 2.21. The molecule has 0 radical (unpaired) electrons. The minimum Gasteiger partial charge on any atom is -0.390 e. The van der Waals surface area contributed by atoms with Gasteiger partial charge >= 0.3 is 0 Å². The molecular weight excluding hydrogens is 653 g/mol. The highest BCUT2D eigenvalue weighted by atomic mass is 32.2. The van der Waals surface area contributed by atoms with Crippen molar-refractivity contribution in [1.82, 2.24) is 29.5 Å². The van der Waals surface area contributed by atoms with Gasteiger partial charge in [-0.1, -0.05) is 86.6 Å². The molecule has 0 unspecified atom stereocenters. The standard InChI is InChI=1S/C38H44N6O5S/c1-27(2)20-21-44(50(48,49)31-15-8-5-9-16-31)25-36(45)35(22-28-12-6-4-7-13-28)43(3)38(47)34(23-30-24-39-26-40-30)42-37(46)33-19-18-29-14-10-11-17-32(29)41-33/h4-19,24,26-27,34-36,45H,20-23,25H2,1-3H3,(H,39,40)(H,42,46)/t34-,35-,36+/m0/s1. The molecule has 0 aliphatic carbocycles. The molecule has 3 N–H and O–H groups in total. The van der Waals surface area contributed by atoms with Gasteiger partial charge < -0.3 is 20.3 Å². The monoisotopic (exact) mass is 696 g/mol. The molecule has 0 spiro atoms. The van der Waals surface area contributed by atoms with Crippen LogP contribution in [0.15, 0.2) is 114 Å². The Balaban J connectivity index is 1.44. The topological polar surface area (TPSA) is 149 Å². The van der Waals surface area contributed by atoms with Crippen LogP contribution in [0.3, 0.4) is 0 Å². The molecule has 0 bridgehead atoms. The van der Waals surface area contributed by atoms with E-state index >= 15 is 0 Å². The van der Waals surface area contributed by atoms with Crippen molar-refractivity contribution in [2.45, 2.75) is 56.2 Å². The second kappa shape index (κ2) is 16.7. The number of carbonyl (C=O) groups excluding carboxylic acids is 2. The SMILES string of the molecule is CC(C)CCN(C[C@@H](O)[C@H](Cc1ccccc1)N(C)C(=O)[C@H](Cc1cnc[nH]1)NC(=O)c1ccc2ccccc2n1)S(=O)(=O)c1ccccc1. The molecule has 12 heteroatoms. The van der Waals surface area contributed by atoms with Crippen LogP contribution in [-0.4, -0.2) is 87.8 Å². The summed E-state index contributed by atoms with van der Waals surface area (Å²) in [5.41, 5.74) is 2.27. The molecular formula is C38H44N6O5S. The summed E-state index contributed by atoms with van der Waals surface area (Å²) in [6.45, 7) is 3.97. The fourth-order valence-electron chi connectivity index (χ4n) is 5.82. The van der Waals surface area contributed by atoms with E-state index in [1.54, 1.807) is 43.6 Å². The number of aromatic amines is 1. The van der Waals surface area contributed by atoms with Gasteiger partial charge in [0.1, 0.15) is 11.7 Å². The number of imidazole rings is 1. The Hall–Kier alpha value is -4.91. The summed E-state index contributed by atoms with van der Waals surface area (Å²) in [6, 6.07) is 26.5. The quantitative estimate of drug-likeness (QED) is 0.138. The van der Waals surface area contributed by atoms with Gasteiger partial charge in [-0.3, -0.25) is 9.59 Å². The van der Waals surface area contributed by atoms with Crippen LogP contribution in [0.2, 0.25) is 0 Å². The summed E-state index contributed by atoms with van der Waals surface area (Å²) >= 11 is 0. The van der Waals surface area contributed by atoms with Gasteiger partial charge in [0, 0.05) is 43.8 Å². The number of aliphatic hydroxyl groups is 1. The Morgan fingerprint density at radius 3 is 2.26 bits per heavy atom. The number of pyridine rings is 1. The summed E-state index contributed by atoms with van der Waals surface area (Å²) in [5, 5.41) is 15.7. The lowest BCUT2D eigenvalue weighted by atomic mass is 9.98. The van der Waals surface area contributed by atoms with Crippen molar-refractivity contribution < 1.29 is 23.1 Å². The van der Waals surface area contributed by atoms with E-state index in [2.05, 4.69) is 20.3 Å². The van der Waals surface area contributed by atoms with Gasteiger partial charge in [-0.2, -0.15) is 4.31 Å². The number of nitrogens with zero attached hydrogens (tertiary/aromatic N) is 4. The first-order valence-corrected chi connectivity index (χ1v) is 18.1. The predicted molar refractivity (Wildman–Crippen MR) is 193 cm³/mol. The number of para-hydroxylation sites is 1. The number of hydrogen-bond donors (Lipinski definition) is 3. The number of likely N-dealkylation sites (N-methyl/N-ethyl adjacent to an activating group) is 1. The van der Waals surface area contributed by atoms with Crippen LogP contribution in [0.1, 0.15) is 42.0 Å². The maximum absolute atomic E-state index is 14.4. The molecule has 2 aromatic heterocycles. The molecule has 0 saturated heterocycles. The number of carbonyl (C=O) groups is 2. The Bertz CT molecular complexity index is 1960. The van der Waals surface area contributed by atoms with Crippen LogP contribution >= 0.6 is 0 Å². The van der Waals surface area contributed by atoms with Crippen LogP contribution in [0.5, 0.6) is 0 Å². The molecule has 0 saturated carbocycles. The maximum atomic E-state index is 14.4. The summed E-state index contributed by atoms with van der Waals surface area (Å²) in [5.74, 6) is -0.779. The van der Waals surface area contributed by atoms with Gasteiger partial charge in [0.05, 0.1) is 28.9 Å². The molecule has 0 aliphatic rings. The first-order valence-electron chi connectivity index (χ1n) is 16.7. The number of fused-ring (bicyclic) bond motifs is 1. The highest BCUT2D eigenvalue weighted by Gasteiger charge is 2.36. The van der Waals surface area contributed by atoms with Crippen LogP contribution < -0.4 is 5.32 Å². The molecule has 262 valence electrons. The Morgan fingerprint density at radius 1 is 0.900 bits per heavy atom. The van der Waals surface area contributed by atoms with Crippen LogP contribution in [-0.2, 0) is 27.7 Å². The third-order valence-corrected chi connectivity index (χ3v) is 10.6. The van der Waals surface area contributed by atoms with Gasteiger partial charge in [0.15, 0.2) is 0 Å². The minimum absolute atomic E-state index is 0.0968. The second-order valence-corrected chi connectivity index (χ2v) is 14.8. The first-order chi connectivity index (χ1) is 24.0. The van der Waals surface area contributed by atoms with E-state index in [9.17, 15) is 23.1 Å². The van der Waals surface area contributed by atoms with E-state index in [0.717, 1.165) is 10.9 Å². The van der Waals surface area contributed by atoms with Crippen molar-refractivity contribution in [2.24, 2.45) is 5.92 Å². The summed E-state index contributed by atoms with van der Waals surface area (Å²) in [4.78, 5) is 41.1. The Labute approximate surface area is 293 Å². The third-order valence-electron chi connectivity index (χ3n) is 8.72. The van der Waals surface area contributed by atoms with E-state index in [1.165, 1.54) is 27.7 Å². The number of benzene rings is 3. The van der Waals surface area contributed by atoms with Crippen LogP contribution in [0, 0.1) is 5.92 Å². The fraction of sp³-hybridized carbons (Fsp3) is 0.316. The lowest BCUT2D eigenvalue weighted by molar-refractivity contribution is -0.136. The molecule has 50 heavy (non-hydrogen) atoms. The van der Waals surface area contributed by atoms with Crippen LogP contribution in [0.4, 0.5) is 0 Å². The van der Waals surface area contributed by atoms with Crippen molar-refractivity contribution in [1.29, 1.82) is 0 Å². The first kappa shape index (κ1) is 36.4. The van der Waals surface area contributed by atoms with Crippen molar-refractivity contribution in [3.05, 3.63) is 127 Å². The molecule has 2 heterocycles. The average Bonchev–Trinajstić information content (AvgIpc) is 3.65. The minimum atomic E-state index is -3.96. The lowest BCUT2D eigenvalue weighted by Gasteiger charge is -2.36. The van der Waals surface area contributed by atoms with Crippen molar-refractivity contribution >= 4 is 32.7 Å². The molecule has 3 aromatic carbocycles. The zero-order chi connectivity index (χ0) is 35.7. The number of rotatable bonds is 16. The van der Waals surface area contributed by atoms with Gasteiger partial charge in [-0.05, 0) is 48.6 Å². The smallest absolute Gasteiger partial charge is 0.270 e. The van der Waals surface area contributed by atoms with E-state index in [0.29, 0.717) is 17.6 Å². The Kier molecular flexibility index (Phi) is 12.1. The normalized spacial score (nSPS) is 13.6. The molecule has 0 fully saturated rings.